The van der Waals surface area contributed by atoms with Crippen LogP contribution in [0, 0.1) is 0 Å². The van der Waals surface area contributed by atoms with Crippen LogP contribution in [0.15, 0.2) is 48.8 Å². The molecule has 0 bridgehead atoms. The molecule has 4 rings (SSSR count). The van der Waals surface area contributed by atoms with Gasteiger partial charge in [0.05, 0.1) is 22.1 Å². The molecule has 0 amide bonds. The van der Waals surface area contributed by atoms with E-state index in [9.17, 15) is 0 Å². The van der Waals surface area contributed by atoms with Crippen molar-refractivity contribution in [3.05, 3.63) is 48.8 Å². The molecule has 0 spiro atoms. The smallest absolute Gasteiger partial charge is 0.148 e. The van der Waals surface area contributed by atoms with E-state index in [1.165, 1.54) is 10.1 Å². The molecule has 86 valence electrons. The van der Waals surface area contributed by atoms with E-state index in [1.807, 2.05) is 6.07 Å². The van der Waals surface area contributed by atoms with Crippen molar-refractivity contribution in [3.8, 4) is 10.7 Å². The Labute approximate surface area is 107 Å². The van der Waals surface area contributed by atoms with Crippen molar-refractivity contribution in [1.82, 2.24) is 15.0 Å². The van der Waals surface area contributed by atoms with Crippen LogP contribution in [0.1, 0.15) is 0 Å². The number of imidazole rings is 1. The van der Waals surface area contributed by atoms with Crippen LogP contribution in [-0.4, -0.2) is 15.0 Å². The molecule has 1 aromatic carbocycles. The molecule has 3 aromatic heterocycles. The summed E-state index contributed by atoms with van der Waals surface area (Å²) in [5, 5.41) is 1.26. The minimum Gasteiger partial charge on any atom is -0.336 e. The van der Waals surface area contributed by atoms with Gasteiger partial charge in [-0.25, -0.2) is 4.98 Å². The largest absolute Gasteiger partial charge is 0.336 e. The van der Waals surface area contributed by atoms with E-state index >= 15 is 0 Å². The molecule has 18 heavy (non-hydrogen) atoms. The van der Waals surface area contributed by atoms with Gasteiger partial charge >= 0.3 is 0 Å². The summed E-state index contributed by atoms with van der Waals surface area (Å²) in [6, 6.07) is 12.5. The van der Waals surface area contributed by atoms with Crippen molar-refractivity contribution < 1.29 is 0 Å². The normalized spacial score (nSPS) is 11.3. The summed E-state index contributed by atoms with van der Waals surface area (Å²) in [5.74, 6) is 0.916. The van der Waals surface area contributed by atoms with Gasteiger partial charge in [-0.1, -0.05) is 18.2 Å². The number of aromatic amines is 1. The summed E-state index contributed by atoms with van der Waals surface area (Å²) in [6.07, 6.45) is 3.57. The van der Waals surface area contributed by atoms with Crippen LogP contribution in [0.25, 0.3) is 31.8 Å². The predicted molar refractivity (Wildman–Crippen MR) is 74.7 cm³/mol. The number of pyridine rings is 1. The third-order valence-corrected chi connectivity index (χ3v) is 4.07. The monoisotopic (exact) mass is 251 g/mol. The summed E-state index contributed by atoms with van der Waals surface area (Å²) in [4.78, 5) is 13.2. The van der Waals surface area contributed by atoms with Crippen LogP contribution in [0.3, 0.4) is 0 Å². The van der Waals surface area contributed by atoms with Crippen molar-refractivity contribution in [2.45, 2.75) is 0 Å². The Morgan fingerprint density at radius 3 is 2.94 bits per heavy atom. The van der Waals surface area contributed by atoms with Crippen LogP contribution < -0.4 is 0 Å². The molecule has 1 N–H and O–H groups in total. The van der Waals surface area contributed by atoms with Crippen molar-refractivity contribution in [1.29, 1.82) is 0 Å². The summed E-state index contributed by atoms with van der Waals surface area (Å²) in [6.45, 7) is 0. The molecule has 0 aliphatic heterocycles. The zero-order valence-electron chi connectivity index (χ0n) is 9.42. The molecule has 4 heteroatoms. The summed E-state index contributed by atoms with van der Waals surface area (Å²) in [5.41, 5.74) is 1.93. The number of H-pyrrole nitrogens is 1. The van der Waals surface area contributed by atoms with E-state index < -0.39 is 0 Å². The average Bonchev–Trinajstić information content (AvgIpc) is 3.02. The number of hydrogen-bond acceptors (Lipinski definition) is 3. The Morgan fingerprint density at radius 2 is 2.06 bits per heavy atom. The minimum absolute atomic E-state index is 0.916. The Balaban J connectivity index is 1.95. The van der Waals surface area contributed by atoms with Gasteiger partial charge in [-0.3, -0.25) is 4.98 Å². The highest BCUT2D eigenvalue weighted by molar-refractivity contribution is 7.22. The highest BCUT2D eigenvalue weighted by atomic mass is 32.1. The molecule has 4 aromatic rings. The van der Waals surface area contributed by atoms with E-state index in [-0.39, 0.29) is 0 Å². The van der Waals surface area contributed by atoms with Gasteiger partial charge in [-0.2, -0.15) is 0 Å². The third kappa shape index (κ3) is 1.43. The van der Waals surface area contributed by atoms with Crippen molar-refractivity contribution in [2.24, 2.45) is 0 Å². The van der Waals surface area contributed by atoms with E-state index in [0.29, 0.717) is 0 Å². The zero-order chi connectivity index (χ0) is 11.9. The van der Waals surface area contributed by atoms with Gasteiger partial charge in [0.15, 0.2) is 0 Å². The Bertz CT molecular complexity index is 706. The molecule has 0 fully saturated rings. The lowest BCUT2D eigenvalue weighted by Crippen LogP contribution is -1.72. The molecule has 0 saturated heterocycles. The van der Waals surface area contributed by atoms with Gasteiger partial charge in [0, 0.05) is 10.9 Å². The first kappa shape index (κ1) is 9.79. The first-order valence-electron chi connectivity index (χ1n) is 5.69. The second-order valence-corrected chi connectivity index (χ2v) is 5.21. The topological polar surface area (TPSA) is 41.6 Å². The molecular weight excluding hydrogens is 242 g/mol. The van der Waals surface area contributed by atoms with E-state index in [4.69, 9.17) is 0 Å². The maximum absolute atomic E-state index is 4.59. The van der Waals surface area contributed by atoms with Crippen molar-refractivity contribution in [3.63, 3.8) is 0 Å². The molecule has 0 saturated carbocycles. The minimum atomic E-state index is 0.916. The first-order chi connectivity index (χ1) is 8.90. The molecule has 0 aliphatic carbocycles. The highest BCUT2D eigenvalue weighted by Gasteiger charge is 2.08. The first-order valence-corrected chi connectivity index (χ1v) is 6.50. The number of thiophene rings is 1. The fourth-order valence-corrected chi connectivity index (χ4v) is 3.08. The number of rotatable bonds is 1. The van der Waals surface area contributed by atoms with Gasteiger partial charge in [0.2, 0.25) is 0 Å². The average molecular weight is 251 g/mol. The number of nitrogens with zero attached hydrogens (tertiary/aromatic N) is 2. The van der Waals surface area contributed by atoms with Crippen molar-refractivity contribution >= 4 is 32.5 Å². The number of benzene rings is 1. The van der Waals surface area contributed by atoms with Crippen molar-refractivity contribution in [2.75, 3.05) is 0 Å². The van der Waals surface area contributed by atoms with Crippen LogP contribution in [-0.2, 0) is 0 Å². The third-order valence-electron chi connectivity index (χ3n) is 2.94. The fourth-order valence-electron chi connectivity index (χ4n) is 2.07. The second kappa shape index (κ2) is 3.65. The summed E-state index contributed by atoms with van der Waals surface area (Å²) < 4.78 is 1.28. The van der Waals surface area contributed by atoms with Gasteiger partial charge in [0.1, 0.15) is 5.82 Å². The lowest BCUT2D eigenvalue weighted by molar-refractivity contribution is 1.34. The molecule has 3 nitrogen and oxygen atoms in total. The predicted octanol–water partition coefficient (Wildman–Crippen LogP) is 3.84. The number of aromatic nitrogens is 3. The lowest BCUT2D eigenvalue weighted by Gasteiger charge is -1.86. The van der Waals surface area contributed by atoms with Crippen LogP contribution in [0.4, 0.5) is 0 Å². The number of hydrogen-bond donors (Lipinski definition) is 1. The Hall–Kier alpha value is -2.20. The maximum atomic E-state index is 4.59. The second-order valence-electron chi connectivity index (χ2n) is 4.13. The Morgan fingerprint density at radius 1 is 1.11 bits per heavy atom. The molecule has 0 radical (unpaired) electrons. The highest BCUT2D eigenvalue weighted by Crippen LogP contribution is 2.32. The summed E-state index contributed by atoms with van der Waals surface area (Å²) in [7, 11) is 0. The SMILES string of the molecule is c1ccc2sc(-c3nc4ccncc4[nH]3)cc2c1. The van der Waals surface area contributed by atoms with Crippen LogP contribution in [0.5, 0.6) is 0 Å². The van der Waals surface area contributed by atoms with Crippen LogP contribution in [0.2, 0.25) is 0 Å². The van der Waals surface area contributed by atoms with Gasteiger partial charge in [-0.15, -0.1) is 11.3 Å². The molecular formula is C14H9N3S. The van der Waals surface area contributed by atoms with E-state index in [2.05, 4.69) is 45.3 Å². The molecule has 3 heterocycles. The zero-order valence-corrected chi connectivity index (χ0v) is 10.2. The molecule has 0 unspecified atom stereocenters. The lowest BCUT2D eigenvalue weighted by atomic mass is 10.2. The number of nitrogens with one attached hydrogen (secondary N) is 1. The molecule has 0 aliphatic rings. The van der Waals surface area contributed by atoms with Gasteiger partial charge < -0.3 is 4.98 Å². The van der Waals surface area contributed by atoms with E-state index in [0.717, 1.165) is 21.7 Å². The van der Waals surface area contributed by atoms with Gasteiger partial charge in [0.25, 0.3) is 0 Å². The molecule has 0 atom stereocenters. The van der Waals surface area contributed by atoms with Crippen LogP contribution >= 0.6 is 11.3 Å². The van der Waals surface area contributed by atoms with E-state index in [1.54, 1.807) is 23.7 Å². The standard InChI is InChI=1S/C14H9N3S/c1-2-4-12-9(3-1)7-13(18-12)14-16-10-5-6-15-8-11(10)17-14/h1-8H,(H,16,17). The maximum Gasteiger partial charge on any atom is 0.148 e. The fraction of sp³-hybridized carbons (Fsp3) is 0. The summed E-state index contributed by atoms with van der Waals surface area (Å²) >= 11 is 1.75. The number of fused-ring (bicyclic) bond motifs is 2. The Kier molecular flexibility index (Phi) is 1.98. The van der Waals surface area contributed by atoms with Gasteiger partial charge in [-0.05, 0) is 23.6 Å². The quantitative estimate of drug-likeness (QED) is 0.558.